The SMILES string of the molecule is Cc1ccsc1C(=O)OCC(=O)N1[C@@H](C)CCC[C@@H]1C. The number of hydrogen-bond acceptors (Lipinski definition) is 4. The highest BCUT2D eigenvalue weighted by molar-refractivity contribution is 7.12. The van der Waals surface area contributed by atoms with E-state index >= 15 is 0 Å². The Kier molecular flexibility index (Phi) is 4.81. The van der Waals surface area contributed by atoms with Crippen molar-refractivity contribution in [3.05, 3.63) is 21.9 Å². The van der Waals surface area contributed by atoms with Gasteiger partial charge in [-0.05, 0) is 57.0 Å². The Morgan fingerprint density at radius 2 is 2.00 bits per heavy atom. The van der Waals surface area contributed by atoms with Gasteiger partial charge in [-0.15, -0.1) is 11.3 Å². The first-order valence-corrected chi connectivity index (χ1v) is 7.91. The number of carbonyl (C=O) groups excluding carboxylic acids is 2. The number of hydrogen-bond donors (Lipinski definition) is 0. The Morgan fingerprint density at radius 1 is 1.35 bits per heavy atom. The Labute approximate surface area is 123 Å². The first-order valence-electron chi connectivity index (χ1n) is 7.03. The van der Waals surface area contributed by atoms with Crippen LogP contribution in [0.25, 0.3) is 0 Å². The van der Waals surface area contributed by atoms with Crippen molar-refractivity contribution in [3.8, 4) is 0 Å². The first-order chi connectivity index (χ1) is 9.50. The summed E-state index contributed by atoms with van der Waals surface area (Å²) in [5.41, 5.74) is 0.896. The van der Waals surface area contributed by atoms with E-state index in [0.29, 0.717) is 4.88 Å². The number of nitrogens with zero attached hydrogens (tertiary/aromatic N) is 1. The fourth-order valence-electron chi connectivity index (χ4n) is 2.76. The third-order valence-corrected chi connectivity index (χ3v) is 4.85. The summed E-state index contributed by atoms with van der Waals surface area (Å²) in [6.45, 7) is 5.81. The second-order valence-electron chi connectivity index (χ2n) is 5.44. The molecule has 0 bridgehead atoms. The van der Waals surface area contributed by atoms with Crippen LogP contribution in [0.4, 0.5) is 0 Å². The molecule has 0 saturated carbocycles. The standard InChI is InChI=1S/C15H21NO3S/c1-10-7-8-20-14(10)15(18)19-9-13(17)16-11(2)5-4-6-12(16)3/h7-8,11-12H,4-6,9H2,1-3H3/t11-,12-/m0/s1. The molecule has 5 heteroatoms. The molecule has 0 radical (unpaired) electrons. The van der Waals surface area contributed by atoms with Gasteiger partial charge in [0.05, 0.1) is 0 Å². The maximum atomic E-state index is 12.2. The maximum Gasteiger partial charge on any atom is 0.349 e. The van der Waals surface area contributed by atoms with Gasteiger partial charge < -0.3 is 9.64 Å². The Morgan fingerprint density at radius 3 is 2.55 bits per heavy atom. The molecule has 1 aromatic heterocycles. The number of piperidine rings is 1. The summed E-state index contributed by atoms with van der Waals surface area (Å²) >= 11 is 1.35. The van der Waals surface area contributed by atoms with Crippen LogP contribution in [0.1, 0.15) is 48.3 Å². The number of carbonyl (C=O) groups is 2. The number of aryl methyl sites for hydroxylation is 1. The van der Waals surface area contributed by atoms with Gasteiger partial charge >= 0.3 is 5.97 Å². The number of thiophene rings is 1. The lowest BCUT2D eigenvalue weighted by molar-refractivity contribution is -0.140. The van der Waals surface area contributed by atoms with Gasteiger partial charge in [0.15, 0.2) is 6.61 Å². The lowest BCUT2D eigenvalue weighted by Gasteiger charge is -2.38. The van der Waals surface area contributed by atoms with Crippen LogP contribution >= 0.6 is 11.3 Å². The van der Waals surface area contributed by atoms with E-state index in [-0.39, 0.29) is 24.6 Å². The van der Waals surface area contributed by atoms with Gasteiger partial charge in [0.25, 0.3) is 5.91 Å². The number of likely N-dealkylation sites (tertiary alicyclic amines) is 1. The van der Waals surface area contributed by atoms with Crippen LogP contribution in [0.15, 0.2) is 11.4 Å². The summed E-state index contributed by atoms with van der Waals surface area (Å²) in [7, 11) is 0. The maximum absolute atomic E-state index is 12.2. The van der Waals surface area contributed by atoms with Crippen molar-refractivity contribution in [2.75, 3.05) is 6.61 Å². The summed E-state index contributed by atoms with van der Waals surface area (Å²) in [5.74, 6) is -0.490. The predicted octanol–water partition coefficient (Wildman–Crippen LogP) is 3.00. The number of esters is 1. The first kappa shape index (κ1) is 15.0. The molecule has 1 amide bonds. The van der Waals surface area contributed by atoms with E-state index in [9.17, 15) is 9.59 Å². The minimum atomic E-state index is -0.400. The van der Waals surface area contributed by atoms with Gasteiger partial charge in [0.1, 0.15) is 4.88 Å². The number of rotatable bonds is 3. The van der Waals surface area contributed by atoms with Crippen molar-refractivity contribution in [2.24, 2.45) is 0 Å². The van der Waals surface area contributed by atoms with Crippen LogP contribution in [-0.2, 0) is 9.53 Å². The van der Waals surface area contributed by atoms with Gasteiger partial charge in [0.2, 0.25) is 0 Å². The minimum absolute atomic E-state index is 0.0905. The summed E-state index contributed by atoms with van der Waals surface area (Å²) in [5, 5.41) is 1.85. The van der Waals surface area contributed by atoms with Crippen LogP contribution in [0.5, 0.6) is 0 Å². The minimum Gasteiger partial charge on any atom is -0.451 e. The molecule has 2 heterocycles. The third kappa shape index (κ3) is 3.20. The molecule has 0 N–H and O–H groups in total. The van der Waals surface area contributed by atoms with Crippen LogP contribution in [0, 0.1) is 6.92 Å². The lowest BCUT2D eigenvalue weighted by atomic mass is 9.97. The number of ether oxygens (including phenoxy) is 1. The normalized spacial score (nSPS) is 22.6. The summed E-state index contributed by atoms with van der Waals surface area (Å²) in [6, 6.07) is 2.33. The summed E-state index contributed by atoms with van der Waals surface area (Å²) in [4.78, 5) is 26.6. The molecule has 20 heavy (non-hydrogen) atoms. The fraction of sp³-hybridized carbons (Fsp3) is 0.600. The molecule has 2 rings (SSSR count). The Bertz CT molecular complexity index is 487. The predicted molar refractivity (Wildman–Crippen MR) is 79.0 cm³/mol. The molecule has 4 nitrogen and oxygen atoms in total. The highest BCUT2D eigenvalue weighted by atomic mass is 32.1. The molecule has 1 fully saturated rings. The third-order valence-electron chi connectivity index (χ3n) is 3.86. The van der Waals surface area contributed by atoms with Crippen molar-refractivity contribution in [3.63, 3.8) is 0 Å². The van der Waals surface area contributed by atoms with E-state index < -0.39 is 5.97 Å². The van der Waals surface area contributed by atoms with E-state index in [2.05, 4.69) is 13.8 Å². The largest absolute Gasteiger partial charge is 0.451 e. The van der Waals surface area contributed by atoms with E-state index in [4.69, 9.17) is 4.74 Å². The molecule has 1 aliphatic heterocycles. The molecular formula is C15H21NO3S. The Hall–Kier alpha value is -1.36. The molecule has 1 aromatic rings. The van der Waals surface area contributed by atoms with Gasteiger partial charge in [-0.25, -0.2) is 4.79 Å². The molecule has 1 aliphatic rings. The molecule has 0 aromatic carbocycles. The summed E-state index contributed by atoms with van der Waals surface area (Å²) in [6.07, 6.45) is 3.20. The van der Waals surface area contributed by atoms with Crippen molar-refractivity contribution in [2.45, 2.75) is 52.1 Å². The smallest absolute Gasteiger partial charge is 0.349 e. The molecule has 1 saturated heterocycles. The van der Waals surface area contributed by atoms with Gasteiger partial charge in [-0.2, -0.15) is 0 Å². The van der Waals surface area contributed by atoms with Crippen molar-refractivity contribution in [1.82, 2.24) is 4.90 Å². The van der Waals surface area contributed by atoms with E-state index in [1.807, 2.05) is 23.3 Å². The summed E-state index contributed by atoms with van der Waals surface area (Å²) < 4.78 is 5.16. The quantitative estimate of drug-likeness (QED) is 0.805. The highest BCUT2D eigenvalue weighted by Crippen LogP contribution is 2.23. The van der Waals surface area contributed by atoms with Crippen LogP contribution in [0.2, 0.25) is 0 Å². The zero-order valence-corrected chi connectivity index (χ0v) is 13.0. The van der Waals surface area contributed by atoms with Crippen molar-refractivity contribution in [1.29, 1.82) is 0 Å². The van der Waals surface area contributed by atoms with Crippen LogP contribution in [0.3, 0.4) is 0 Å². The second-order valence-corrected chi connectivity index (χ2v) is 6.35. The van der Waals surface area contributed by atoms with E-state index in [0.717, 1.165) is 24.8 Å². The fourth-order valence-corrected chi connectivity index (χ4v) is 3.58. The van der Waals surface area contributed by atoms with Gasteiger partial charge in [-0.1, -0.05) is 0 Å². The van der Waals surface area contributed by atoms with E-state index in [1.165, 1.54) is 11.3 Å². The zero-order chi connectivity index (χ0) is 14.7. The molecule has 2 atom stereocenters. The highest BCUT2D eigenvalue weighted by Gasteiger charge is 2.29. The molecule has 0 unspecified atom stereocenters. The average molecular weight is 295 g/mol. The van der Waals surface area contributed by atoms with Crippen LogP contribution in [-0.4, -0.2) is 35.5 Å². The molecule has 0 aliphatic carbocycles. The monoisotopic (exact) mass is 295 g/mol. The lowest BCUT2D eigenvalue weighted by Crippen LogP contribution is -2.49. The van der Waals surface area contributed by atoms with Crippen molar-refractivity contribution < 1.29 is 14.3 Å². The van der Waals surface area contributed by atoms with E-state index in [1.54, 1.807) is 0 Å². The van der Waals surface area contributed by atoms with Crippen LogP contribution < -0.4 is 0 Å². The van der Waals surface area contributed by atoms with Gasteiger partial charge in [0, 0.05) is 12.1 Å². The molecule has 110 valence electrons. The topological polar surface area (TPSA) is 46.6 Å². The Balaban J connectivity index is 1.92. The van der Waals surface area contributed by atoms with Gasteiger partial charge in [-0.3, -0.25) is 4.79 Å². The second kappa shape index (κ2) is 6.39. The molecular weight excluding hydrogens is 274 g/mol. The molecule has 0 spiro atoms. The number of amides is 1. The zero-order valence-electron chi connectivity index (χ0n) is 12.2. The average Bonchev–Trinajstić information content (AvgIpc) is 2.82. The van der Waals surface area contributed by atoms with Crippen molar-refractivity contribution >= 4 is 23.2 Å².